The van der Waals surface area contributed by atoms with Crippen LogP contribution in [0.5, 0.6) is 0 Å². The molecule has 4 bridgehead atoms. The van der Waals surface area contributed by atoms with Crippen molar-refractivity contribution in [2.45, 2.75) is 45.4 Å². The van der Waals surface area contributed by atoms with Crippen LogP contribution in [0.4, 0.5) is 11.4 Å². The number of hydrogen-bond acceptors (Lipinski definition) is 3. The lowest BCUT2D eigenvalue weighted by Crippen LogP contribution is -2.55. The Labute approximate surface area is 159 Å². The van der Waals surface area contributed by atoms with Crippen LogP contribution in [0.2, 0.25) is 0 Å². The molecule has 4 fully saturated rings. The molecule has 1 aromatic carbocycles. The van der Waals surface area contributed by atoms with Gasteiger partial charge in [-0.3, -0.25) is 9.59 Å². The van der Waals surface area contributed by atoms with Crippen LogP contribution in [-0.4, -0.2) is 16.9 Å². The highest BCUT2D eigenvalue weighted by Gasteiger charge is 2.54. The molecule has 2 amide bonds. The van der Waals surface area contributed by atoms with Crippen LogP contribution in [0.1, 0.15) is 45.4 Å². The molecule has 0 unspecified atom stereocenters. The number of thiocarbonyl (C=S) groups is 1. The summed E-state index contributed by atoms with van der Waals surface area (Å²) < 4.78 is 0. The van der Waals surface area contributed by atoms with E-state index in [1.54, 1.807) is 12.1 Å². The highest BCUT2D eigenvalue weighted by molar-refractivity contribution is 7.80. The molecule has 4 saturated carbocycles. The molecule has 0 saturated heterocycles. The summed E-state index contributed by atoms with van der Waals surface area (Å²) in [5, 5.41) is 9.08. The zero-order chi connectivity index (χ0) is 18.3. The summed E-state index contributed by atoms with van der Waals surface area (Å²) in [6.07, 6.45) is 7.03. The highest BCUT2D eigenvalue weighted by Crippen LogP contribution is 2.60. The van der Waals surface area contributed by atoms with Crippen molar-refractivity contribution in [3.05, 3.63) is 24.3 Å². The van der Waals surface area contributed by atoms with E-state index in [0.29, 0.717) is 5.11 Å². The molecule has 6 heteroatoms. The molecule has 0 radical (unpaired) electrons. The van der Waals surface area contributed by atoms with E-state index in [-0.39, 0.29) is 17.2 Å². The predicted molar refractivity (Wildman–Crippen MR) is 106 cm³/mol. The fourth-order valence-electron chi connectivity index (χ4n) is 5.63. The molecule has 0 heterocycles. The van der Waals surface area contributed by atoms with Gasteiger partial charge in [-0.05, 0) is 92.8 Å². The van der Waals surface area contributed by atoms with Gasteiger partial charge < -0.3 is 16.0 Å². The van der Waals surface area contributed by atoms with Crippen LogP contribution in [0.3, 0.4) is 0 Å². The Bertz CT molecular complexity index is 709. The summed E-state index contributed by atoms with van der Waals surface area (Å²) in [6.45, 7) is 1.47. The van der Waals surface area contributed by atoms with Crippen molar-refractivity contribution >= 4 is 40.5 Å². The van der Waals surface area contributed by atoms with Crippen molar-refractivity contribution in [2.24, 2.45) is 23.2 Å². The average Bonchev–Trinajstić information content (AvgIpc) is 2.55. The lowest BCUT2D eigenvalue weighted by molar-refractivity contribution is -0.144. The van der Waals surface area contributed by atoms with Crippen molar-refractivity contribution < 1.29 is 9.59 Å². The molecule has 4 aliphatic rings. The van der Waals surface area contributed by atoms with Crippen molar-refractivity contribution in [1.82, 2.24) is 5.32 Å². The van der Waals surface area contributed by atoms with Gasteiger partial charge in [0.2, 0.25) is 11.8 Å². The van der Waals surface area contributed by atoms with Crippen LogP contribution >= 0.6 is 12.2 Å². The Morgan fingerprint density at radius 1 is 0.923 bits per heavy atom. The molecule has 4 aliphatic carbocycles. The summed E-state index contributed by atoms with van der Waals surface area (Å²) in [6, 6.07) is 7.25. The van der Waals surface area contributed by atoms with E-state index in [2.05, 4.69) is 16.0 Å². The maximum absolute atomic E-state index is 13.0. The van der Waals surface area contributed by atoms with Gasteiger partial charge in [-0.15, -0.1) is 0 Å². The molecule has 3 N–H and O–H groups in total. The number of nitrogens with one attached hydrogen (secondary N) is 3. The Morgan fingerprint density at radius 2 is 1.38 bits per heavy atom. The first-order valence-corrected chi connectivity index (χ1v) is 9.83. The smallest absolute Gasteiger partial charge is 0.232 e. The standard InChI is InChI=1S/C20H25N3O2S/c1-12(24)21-16-2-4-17(5-3-16)22-19(26)23-18(25)20-9-13-6-14(10-20)8-15(7-13)11-20/h2-5,13-15H,6-11H2,1H3,(H,21,24)(H2,22,23,25,26). The first-order chi connectivity index (χ1) is 12.4. The third-order valence-corrected chi connectivity index (χ3v) is 6.41. The quantitative estimate of drug-likeness (QED) is 0.709. The lowest BCUT2D eigenvalue weighted by atomic mass is 9.49. The molecule has 138 valence electrons. The van der Waals surface area contributed by atoms with Crippen LogP contribution in [0.15, 0.2) is 24.3 Å². The predicted octanol–water partition coefficient (Wildman–Crippen LogP) is 3.67. The van der Waals surface area contributed by atoms with Crippen molar-refractivity contribution in [3.8, 4) is 0 Å². The van der Waals surface area contributed by atoms with Gasteiger partial charge in [0, 0.05) is 18.3 Å². The van der Waals surface area contributed by atoms with Crippen molar-refractivity contribution in [1.29, 1.82) is 0 Å². The Kier molecular flexibility index (Phi) is 4.47. The first kappa shape index (κ1) is 17.5. The van der Waals surface area contributed by atoms with E-state index >= 15 is 0 Å². The average molecular weight is 372 g/mol. The SMILES string of the molecule is CC(=O)Nc1ccc(NC(=S)NC(=O)C23CC4CC(CC(C4)C2)C3)cc1. The minimum atomic E-state index is -0.199. The fourth-order valence-corrected chi connectivity index (χ4v) is 5.84. The van der Waals surface area contributed by atoms with E-state index in [1.807, 2.05) is 12.1 Å². The zero-order valence-corrected chi connectivity index (χ0v) is 15.8. The largest absolute Gasteiger partial charge is 0.332 e. The summed E-state index contributed by atoms with van der Waals surface area (Å²) >= 11 is 5.36. The first-order valence-electron chi connectivity index (χ1n) is 9.42. The summed E-state index contributed by atoms with van der Waals surface area (Å²) in [5.74, 6) is 2.19. The third kappa shape index (κ3) is 3.47. The van der Waals surface area contributed by atoms with Gasteiger partial charge >= 0.3 is 0 Å². The molecule has 0 atom stereocenters. The maximum atomic E-state index is 13.0. The van der Waals surface area contributed by atoms with Crippen LogP contribution in [-0.2, 0) is 9.59 Å². The van der Waals surface area contributed by atoms with Gasteiger partial charge in [-0.25, -0.2) is 0 Å². The molecule has 0 spiro atoms. The van der Waals surface area contributed by atoms with E-state index < -0.39 is 0 Å². The maximum Gasteiger partial charge on any atom is 0.232 e. The van der Waals surface area contributed by atoms with Gasteiger partial charge in [-0.1, -0.05) is 0 Å². The van der Waals surface area contributed by atoms with Crippen LogP contribution < -0.4 is 16.0 Å². The zero-order valence-electron chi connectivity index (χ0n) is 15.0. The van der Waals surface area contributed by atoms with Gasteiger partial charge in [-0.2, -0.15) is 0 Å². The minimum Gasteiger partial charge on any atom is -0.332 e. The molecular weight excluding hydrogens is 346 g/mol. The van der Waals surface area contributed by atoms with Crippen LogP contribution in [0, 0.1) is 23.2 Å². The summed E-state index contributed by atoms with van der Waals surface area (Å²) in [4.78, 5) is 24.1. The molecule has 0 aliphatic heterocycles. The fraction of sp³-hybridized carbons (Fsp3) is 0.550. The number of rotatable bonds is 3. The normalized spacial score (nSPS) is 31.3. The second-order valence-corrected chi connectivity index (χ2v) is 8.77. The topological polar surface area (TPSA) is 70.2 Å². The van der Waals surface area contributed by atoms with Gasteiger partial charge in [0.1, 0.15) is 0 Å². The van der Waals surface area contributed by atoms with Gasteiger partial charge in [0.15, 0.2) is 5.11 Å². The highest BCUT2D eigenvalue weighted by atomic mass is 32.1. The Hall–Kier alpha value is -1.95. The Morgan fingerprint density at radius 3 is 1.85 bits per heavy atom. The van der Waals surface area contributed by atoms with Crippen molar-refractivity contribution in [3.63, 3.8) is 0 Å². The number of carbonyl (C=O) groups excluding carboxylic acids is 2. The number of anilines is 2. The third-order valence-electron chi connectivity index (χ3n) is 6.21. The molecule has 26 heavy (non-hydrogen) atoms. The molecule has 5 rings (SSSR count). The number of amides is 2. The second kappa shape index (κ2) is 6.65. The van der Waals surface area contributed by atoms with Crippen LogP contribution in [0.25, 0.3) is 0 Å². The van der Waals surface area contributed by atoms with Crippen molar-refractivity contribution in [2.75, 3.05) is 10.6 Å². The number of benzene rings is 1. The molecule has 1 aromatic rings. The van der Waals surface area contributed by atoms with Gasteiger partial charge in [0.25, 0.3) is 0 Å². The molecular formula is C20H25N3O2S. The molecule has 0 aromatic heterocycles. The molecule has 5 nitrogen and oxygen atoms in total. The summed E-state index contributed by atoms with van der Waals surface area (Å²) in [7, 11) is 0. The van der Waals surface area contributed by atoms with Gasteiger partial charge in [0.05, 0.1) is 5.41 Å². The number of carbonyl (C=O) groups is 2. The number of hydrogen-bond donors (Lipinski definition) is 3. The summed E-state index contributed by atoms with van der Waals surface area (Å²) in [5.41, 5.74) is 1.32. The van der Waals surface area contributed by atoms with E-state index in [0.717, 1.165) is 48.4 Å². The van der Waals surface area contributed by atoms with E-state index in [1.165, 1.54) is 26.2 Å². The van der Waals surface area contributed by atoms with E-state index in [9.17, 15) is 9.59 Å². The minimum absolute atomic E-state index is 0.101. The Balaban J connectivity index is 1.36. The monoisotopic (exact) mass is 371 g/mol. The van der Waals surface area contributed by atoms with E-state index in [4.69, 9.17) is 12.2 Å². The lowest BCUT2D eigenvalue weighted by Gasteiger charge is -2.55. The second-order valence-electron chi connectivity index (χ2n) is 8.36.